The largest absolute Gasteiger partial charge is 0.464 e. The van der Waals surface area contributed by atoms with E-state index in [-0.39, 0.29) is 0 Å². The van der Waals surface area contributed by atoms with Gasteiger partial charge < -0.3 is 9.73 Å². The molecule has 2 rings (SSSR count). The maximum atomic E-state index is 6.11. The summed E-state index contributed by atoms with van der Waals surface area (Å²) in [6, 6.07) is 0. The summed E-state index contributed by atoms with van der Waals surface area (Å²) >= 11 is 6.11. The van der Waals surface area contributed by atoms with Crippen LogP contribution in [0.15, 0.2) is 4.42 Å². The van der Waals surface area contributed by atoms with Crippen LogP contribution in [-0.4, -0.2) is 13.1 Å². The number of hydrogen-bond acceptors (Lipinski definition) is 2. The van der Waals surface area contributed by atoms with E-state index in [0.29, 0.717) is 5.92 Å². The molecule has 1 aliphatic rings. The van der Waals surface area contributed by atoms with E-state index in [0.717, 1.165) is 48.0 Å². The van der Waals surface area contributed by atoms with E-state index < -0.39 is 0 Å². The van der Waals surface area contributed by atoms with Crippen LogP contribution in [0.2, 0.25) is 5.02 Å². The first kappa shape index (κ1) is 10.1. The molecule has 1 saturated heterocycles. The Balaban J connectivity index is 2.26. The van der Waals surface area contributed by atoms with Gasteiger partial charge in [0.2, 0.25) is 0 Å². The second-order valence-corrected chi connectivity index (χ2v) is 4.36. The summed E-state index contributed by atoms with van der Waals surface area (Å²) in [6.45, 7) is 6.15. The molecule has 0 aromatic carbocycles. The fourth-order valence-electron chi connectivity index (χ4n) is 2.13. The number of aryl methyl sites for hydroxylation is 1. The maximum absolute atomic E-state index is 6.11. The summed E-state index contributed by atoms with van der Waals surface area (Å²) in [5.74, 6) is 2.52. The van der Waals surface area contributed by atoms with Crippen molar-refractivity contribution in [2.75, 3.05) is 13.1 Å². The molecule has 1 aromatic rings. The van der Waals surface area contributed by atoms with Crippen LogP contribution < -0.4 is 5.32 Å². The van der Waals surface area contributed by atoms with E-state index in [1.54, 1.807) is 0 Å². The Morgan fingerprint density at radius 2 is 1.93 bits per heavy atom. The lowest BCUT2D eigenvalue weighted by Gasteiger charge is -2.21. The first-order valence-electron chi connectivity index (χ1n) is 5.16. The first-order chi connectivity index (χ1) is 6.70. The first-order valence-corrected chi connectivity index (χ1v) is 5.54. The lowest BCUT2D eigenvalue weighted by atomic mass is 9.93. The Morgan fingerprint density at radius 3 is 2.43 bits per heavy atom. The van der Waals surface area contributed by atoms with E-state index >= 15 is 0 Å². The molecule has 14 heavy (non-hydrogen) atoms. The summed E-state index contributed by atoms with van der Waals surface area (Å²) in [4.78, 5) is 0. The van der Waals surface area contributed by atoms with Gasteiger partial charge in [-0.1, -0.05) is 11.6 Å². The van der Waals surface area contributed by atoms with E-state index in [4.69, 9.17) is 16.0 Å². The van der Waals surface area contributed by atoms with Crippen LogP contribution in [0.5, 0.6) is 0 Å². The van der Waals surface area contributed by atoms with Crippen LogP contribution in [0.25, 0.3) is 0 Å². The Kier molecular flexibility index (Phi) is 2.84. The van der Waals surface area contributed by atoms with E-state index in [9.17, 15) is 0 Å². The van der Waals surface area contributed by atoms with Crippen molar-refractivity contribution in [1.29, 1.82) is 0 Å². The third-order valence-corrected chi connectivity index (χ3v) is 3.53. The second-order valence-electron chi connectivity index (χ2n) is 3.99. The molecule has 1 N–H and O–H groups in total. The summed E-state index contributed by atoms with van der Waals surface area (Å²) < 4.78 is 5.72. The number of hydrogen-bond donors (Lipinski definition) is 1. The van der Waals surface area contributed by atoms with Gasteiger partial charge in [-0.25, -0.2) is 0 Å². The zero-order valence-electron chi connectivity index (χ0n) is 8.69. The number of nitrogens with one attached hydrogen (secondary N) is 1. The normalized spacial score (nSPS) is 18.8. The second kappa shape index (κ2) is 3.95. The molecule has 0 spiro atoms. The number of furan rings is 1. The maximum Gasteiger partial charge on any atom is 0.119 e. The SMILES string of the molecule is Cc1oc(C2CCNCC2)c(C)c1Cl. The Hall–Kier alpha value is -0.470. The van der Waals surface area contributed by atoms with E-state index in [1.807, 2.05) is 6.92 Å². The van der Waals surface area contributed by atoms with Crippen molar-refractivity contribution < 1.29 is 4.42 Å². The van der Waals surface area contributed by atoms with E-state index in [1.165, 1.54) is 0 Å². The zero-order chi connectivity index (χ0) is 10.1. The highest BCUT2D eigenvalue weighted by molar-refractivity contribution is 6.32. The van der Waals surface area contributed by atoms with Gasteiger partial charge in [0, 0.05) is 11.5 Å². The van der Waals surface area contributed by atoms with Crippen molar-refractivity contribution in [1.82, 2.24) is 5.32 Å². The molecule has 0 saturated carbocycles. The summed E-state index contributed by atoms with van der Waals surface area (Å²) in [7, 11) is 0. The Morgan fingerprint density at radius 1 is 1.29 bits per heavy atom. The van der Waals surface area contributed by atoms with Gasteiger partial charge in [-0.3, -0.25) is 0 Å². The van der Waals surface area contributed by atoms with Gasteiger partial charge in [-0.2, -0.15) is 0 Å². The van der Waals surface area contributed by atoms with Crippen LogP contribution in [0.4, 0.5) is 0 Å². The molecule has 1 aromatic heterocycles. The Labute approximate surface area is 89.6 Å². The topological polar surface area (TPSA) is 25.2 Å². The minimum absolute atomic E-state index is 0.558. The number of piperidine rings is 1. The molecule has 0 unspecified atom stereocenters. The molecule has 0 radical (unpaired) electrons. The third kappa shape index (κ3) is 1.69. The molecule has 0 bridgehead atoms. The van der Waals surface area contributed by atoms with Gasteiger partial charge in [0.05, 0.1) is 5.02 Å². The minimum Gasteiger partial charge on any atom is -0.464 e. The zero-order valence-corrected chi connectivity index (χ0v) is 9.45. The van der Waals surface area contributed by atoms with Crippen molar-refractivity contribution >= 4 is 11.6 Å². The van der Waals surface area contributed by atoms with Crippen molar-refractivity contribution in [2.45, 2.75) is 32.6 Å². The molecule has 1 aliphatic heterocycles. The van der Waals surface area contributed by atoms with Crippen molar-refractivity contribution in [3.8, 4) is 0 Å². The monoisotopic (exact) mass is 213 g/mol. The minimum atomic E-state index is 0.558. The van der Waals surface area contributed by atoms with Crippen LogP contribution in [-0.2, 0) is 0 Å². The van der Waals surface area contributed by atoms with Gasteiger partial charge in [-0.05, 0) is 39.8 Å². The van der Waals surface area contributed by atoms with Crippen LogP contribution >= 0.6 is 11.6 Å². The predicted octanol–water partition coefficient (Wildman–Crippen LogP) is 3.02. The lowest BCUT2D eigenvalue weighted by molar-refractivity contribution is 0.375. The fraction of sp³-hybridized carbons (Fsp3) is 0.636. The molecule has 0 aliphatic carbocycles. The molecule has 2 nitrogen and oxygen atoms in total. The van der Waals surface area contributed by atoms with Gasteiger partial charge in [0.15, 0.2) is 0 Å². The van der Waals surface area contributed by atoms with Crippen molar-refractivity contribution in [3.05, 3.63) is 22.1 Å². The predicted molar refractivity (Wildman–Crippen MR) is 58.0 cm³/mol. The molecule has 1 fully saturated rings. The molecule has 78 valence electrons. The van der Waals surface area contributed by atoms with E-state index in [2.05, 4.69) is 12.2 Å². The van der Waals surface area contributed by atoms with Gasteiger partial charge in [0.1, 0.15) is 11.5 Å². The summed E-state index contributed by atoms with van der Waals surface area (Å²) in [6.07, 6.45) is 2.31. The van der Waals surface area contributed by atoms with Gasteiger partial charge >= 0.3 is 0 Å². The Bertz CT molecular complexity index is 326. The standard InChI is InChI=1S/C11H16ClNO/c1-7-10(12)8(2)14-11(7)9-3-5-13-6-4-9/h9,13H,3-6H2,1-2H3. The van der Waals surface area contributed by atoms with Crippen LogP contribution in [0.1, 0.15) is 35.8 Å². The van der Waals surface area contributed by atoms with Crippen LogP contribution in [0.3, 0.4) is 0 Å². The van der Waals surface area contributed by atoms with Crippen molar-refractivity contribution in [3.63, 3.8) is 0 Å². The highest BCUT2D eigenvalue weighted by atomic mass is 35.5. The highest BCUT2D eigenvalue weighted by Crippen LogP contribution is 2.35. The molecule has 0 amide bonds. The molecular formula is C11H16ClNO. The molecule has 2 heterocycles. The number of rotatable bonds is 1. The molecule has 0 atom stereocenters. The fourth-order valence-corrected chi connectivity index (χ4v) is 2.26. The quantitative estimate of drug-likeness (QED) is 0.776. The lowest BCUT2D eigenvalue weighted by Crippen LogP contribution is -2.26. The summed E-state index contributed by atoms with van der Waals surface area (Å²) in [5.41, 5.74) is 1.14. The average Bonchev–Trinajstić information content (AvgIpc) is 2.47. The van der Waals surface area contributed by atoms with Gasteiger partial charge in [0.25, 0.3) is 0 Å². The molecule has 3 heteroatoms. The average molecular weight is 214 g/mol. The van der Waals surface area contributed by atoms with Crippen LogP contribution in [0, 0.1) is 13.8 Å². The molecular weight excluding hydrogens is 198 g/mol. The summed E-state index contributed by atoms with van der Waals surface area (Å²) in [5, 5.41) is 4.15. The van der Waals surface area contributed by atoms with Gasteiger partial charge in [-0.15, -0.1) is 0 Å². The van der Waals surface area contributed by atoms with Crippen molar-refractivity contribution in [2.24, 2.45) is 0 Å². The third-order valence-electron chi connectivity index (χ3n) is 2.98. The smallest absolute Gasteiger partial charge is 0.119 e. The number of halogens is 1. The highest BCUT2D eigenvalue weighted by Gasteiger charge is 2.22.